The number of hydrogen-bond acceptors (Lipinski definition) is 5. The van der Waals surface area contributed by atoms with E-state index in [1.807, 2.05) is 0 Å². The summed E-state index contributed by atoms with van der Waals surface area (Å²) in [6.45, 7) is 6.50. The molecule has 6 rings (SSSR count). The van der Waals surface area contributed by atoms with Crippen molar-refractivity contribution < 1.29 is 24.5 Å². The van der Waals surface area contributed by atoms with E-state index < -0.39 is 17.2 Å². The lowest BCUT2D eigenvalue weighted by molar-refractivity contribution is -0.218. The number of Topliss-reactive ketones (excluding diaryl/α,β-unsaturated/α-hetero) is 1. The number of ketones is 1. The minimum atomic E-state index is -1.14. The average molecular weight is 427 g/mol. The first kappa shape index (κ1) is 20.2. The van der Waals surface area contributed by atoms with Crippen molar-refractivity contribution >= 4 is 11.8 Å². The minimum absolute atomic E-state index is 0.141. The van der Waals surface area contributed by atoms with Gasteiger partial charge in [0.25, 0.3) is 0 Å². The maximum absolute atomic E-state index is 12.3. The van der Waals surface area contributed by atoms with Crippen LogP contribution in [0.5, 0.6) is 0 Å². The van der Waals surface area contributed by atoms with E-state index in [2.05, 4.69) is 25.7 Å². The molecular formula is C26H34O5. The molecule has 0 bridgehead atoms. The molecule has 0 saturated heterocycles. The topological polar surface area (TPSA) is 83.8 Å². The van der Waals surface area contributed by atoms with Crippen LogP contribution in [0.4, 0.5) is 0 Å². The van der Waals surface area contributed by atoms with E-state index in [1.165, 1.54) is 0 Å². The Kier molecular flexibility index (Phi) is 3.88. The van der Waals surface area contributed by atoms with E-state index in [-0.39, 0.29) is 35.1 Å². The van der Waals surface area contributed by atoms with Crippen LogP contribution < -0.4 is 0 Å². The van der Waals surface area contributed by atoms with Crippen molar-refractivity contribution in [1.29, 1.82) is 0 Å². The van der Waals surface area contributed by atoms with E-state index in [9.17, 15) is 19.8 Å². The number of carbonyl (C=O) groups excluding carboxylic acids is 2. The molecule has 6 saturated carbocycles. The molecule has 0 amide bonds. The van der Waals surface area contributed by atoms with Crippen LogP contribution in [0, 0.1) is 64.1 Å². The van der Waals surface area contributed by atoms with Gasteiger partial charge < -0.3 is 14.9 Å². The molecule has 0 radical (unpaired) electrons. The van der Waals surface area contributed by atoms with Crippen LogP contribution in [0.25, 0.3) is 0 Å². The summed E-state index contributed by atoms with van der Waals surface area (Å²) in [6.07, 6.45) is 5.51. The van der Waals surface area contributed by atoms with Crippen molar-refractivity contribution in [3.63, 3.8) is 0 Å². The number of fused-ring (bicyclic) bond motifs is 10. The standard InChI is InChI=1S/C26H34O5/c1-4-31-20(28)7-10-25(29)19-12-16(19)22-21-15-11-18(15)26(30)13-14(27)5-8-23(26,2)17(21)6-9-24(22,25)3/h15-19,21-22,29-30H,4-6,8-9,11-13H2,1-3H3/t15-,16+,17?,18+,19-,21?,22?,23+,24-,25-,26+/m0/s1. The van der Waals surface area contributed by atoms with Crippen LogP contribution in [-0.2, 0) is 14.3 Å². The highest BCUT2D eigenvalue weighted by Gasteiger charge is 2.81. The smallest absolute Gasteiger partial charge is 0.384 e. The number of aliphatic hydroxyl groups is 2. The van der Waals surface area contributed by atoms with Crippen molar-refractivity contribution in [1.82, 2.24) is 0 Å². The van der Waals surface area contributed by atoms with E-state index in [0.717, 1.165) is 32.1 Å². The van der Waals surface area contributed by atoms with Gasteiger partial charge in [-0.2, -0.15) is 0 Å². The number of rotatable bonds is 1. The van der Waals surface area contributed by atoms with Gasteiger partial charge in [-0.05, 0) is 74.5 Å². The summed E-state index contributed by atoms with van der Waals surface area (Å²) in [4.78, 5) is 24.2. The largest absolute Gasteiger partial charge is 0.456 e. The van der Waals surface area contributed by atoms with Crippen LogP contribution in [0.2, 0.25) is 0 Å². The van der Waals surface area contributed by atoms with Gasteiger partial charge in [0, 0.05) is 35.5 Å². The molecule has 0 spiro atoms. The maximum atomic E-state index is 12.3. The summed E-state index contributed by atoms with van der Waals surface area (Å²) in [5, 5.41) is 23.7. The monoisotopic (exact) mass is 426 g/mol. The zero-order valence-corrected chi connectivity index (χ0v) is 18.8. The van der Waals surface area contributed by atoms with Crippen LogP contribution >= 0.6 is 0 Å². The Morgan fingerprint density at radius 2 is 1.84 bits per heavy atom. The molecule has 6 fully saturated rings. The van der Waals surface area contributed by atoms with E-state index in [4.69, 9.17) is 4.74 Å². The third kappa shape index (κ3) is 2.27. The fourth-order valence-electron chi connectivity index (χ4n) is 9.52. The first-order valence-electron chi connectivity index (χ1n) is 12.3. The molecule has 0 aromatic heterocycles. The highest BCUT2D eigenvalue weighted by molar-refractivity contribution is 5.88. The van der Waals surface area contributed by atoms with Gasteiger partial charge in [-0.15, -0.1) is 0 Å². The lowest BCUT2D eigenvalue weighted by atomic mass is 9.42. The van der Waals surface area contributed by atoms with Crippen molar-refractivity contribution in [2.75, 3.05) is 6.61 Å². The highest BCUT2D eigenvalue weighted by atomic mass is 16.5. The Balaban J connectivity index is 1.37. The zero-order valence-electron chi connectivity index (χ0n) is 18.8. The zero-order chi connectivity index (χ0) is 22.0. The third-order valence-corrected chi connectivity index (χ3v) is 11.1. The van der Waals surface area contributed by atoms with Gasteiger partial charge in [0.1, 0.15) is 11.4 Å². The third-order valence-electron chi connectivity index (χ3n) is 11.1. The predicted octanol–water partition coefficient (Wildman–Crippen LogP) is 2.72. The Morgan fingerprint density at radius 1 is 1.10 bits per heavy atom. The second-order valence-electron chi connectivity index (χ2n) is 12.0. The summed E-state index contributed by atoms with van der Waals surface area (Å²) < 4.78 is 4.99. The Bertz CT molecular complexity index is 932. The lowest BCUT2D eigenvalue weighted by Crippen LogP contribution is -2.65. The SMILES string of the molecule is CCOC(=O)C#C[C@]1(O)[C@H]2C[C@H]2C2C3C(CC[C@@]21C)[C@@]1(C)CCC(=O)C[C@@]1(O)[C@@H]1C[C@H]31. The summed E-state index contributed by atoms with van der Waals surface area (Å²) >= 11 is 0. The van der Waals surface area contributed by atoms with Crippen LogP contribution in [-0.4, -0.2) is 39.8 Å². The molecule has 168 valence electrons. The first-order valence-corrected chi connectivity index (χ1v) is 12.3. The molecule has 3 unspecified atom stereocenters. The molecule has 0 aromatic carbocycles. The Hall–Kier alpha value is -1.38. The van der Waals surface area contributed by atoms with Crippen molar-refractivity contribution in [2.45, 2.75) is 76.9 Å². The molecule has 31 heavy (non-hydrogen) atoms. The van der Waals surface area contributed by atoms with Gasteiger partial charge >= 0.3 is 5.97 Å². The van der Waals surface area contributed by atoms with Gasteiger partial charge in [-0.25, -0.2) is 4.79 Å². The molecule has 0 heterocycles. The summed E-state index contributed by atoms with van der Waals surface area (Å²) in [5.74, 6) is 7.82. The second kappa shape index (κ2) is 5.94. The van der Waals surface area contributed by atoms with Gasteiger partial charge in [0.2, 0.25) is 0 Å². The summed E-state index contributed by atoms with van der Waals surface area (Å²) in [7, 11) is 0. The quantitative estimate of drug-likeness (QED) is 0.383. The van der Waals surface area contributed by atoms with Crippen LogP contribution in [0.1, 0.15) is 65.7 Å². The lowest BCUT2D eigenvalue weighted by Gasteiger charge is -2.63. The van der Waals surface area contributed by atoms with Crippen molar-refractivity contribution in [3.8, 4) is 11.8 Å². The average Bonchev–Trinajstić information content (AvgIpc) is 3.61. The number of ether oxygens (including phenoxy) is 1. The number of hydrogen-bond donors (Lipinski definition) is 2. The predicted molar refractivity (Wildman–Crippen MR) is 112 cm³/mol. The van der Waals surface area contributed by atoms with E-state index >= 15 is 0 Å². The number of carbonyl (C=O) groups is 2. The molecule has 0 aliphatic heterocycles. The molecule has 5 nitrogen and oxygen atoms in total. The molecule has 2 N–H and O–H groups in total. The molecule has 6 aliphatic rings. The first-order chi connectivity index (χ1) is 14.6. The van der Waals surface area contributed by atoms with E-state index in [0.29, 0.717) is 42.4 Å². The normalized spacial score (nSPS) is 57.8. The van der Waals surface area contributed by atoms with Gasteiger partial charge in [0.15, 0.2) is 0 Å². The Labute approximate surface area is 184 Å². The van der Waals surface area contributed by atoms with Crippen LogP contribution in [0.15, 0.2) is 0 Å². The fourth-order valence-corrected chi connectivity index (χ4v) is 9.52. The van der Waals surface area contributed by atoms with Crippen LogP contribution in [0.3, 0.4) is 0 Å². The molecule has 5 heteroatoms. The van der Waals surface area contributed by atoms with Gasteiger partial charge in [-0.3, -0.25) is 4.79 Å². The van der Waals surface area contributed by atoms with Crippen molar-refractivity contribution in [3.05, 3.63) is 0 Å². The molecular weight excluding hydrogens is 392 g/mol. The molecule has 0 aromatic rings. The molecule has 6 aliphatic carbocycles. The summed E-state index contributed by atoms with van der Waals surface area (Å²) in [6, 6.07) is 0. The maximum Gasteiger partial charge on any atom is 0.384 e. The van der Waals surface area contributed by atoms with Gasteiger partial charge in [-0.1, -0.05) is 19.8 Å². The number of esters is 1. The second-order valence-corrected chi connectivity index (χ2v) is 12.0. The van der Waals surface area contributed by atoms with Crippen molar-refractivity contribution in [2.24, 2.45) is 52.3 Å². The highest BCUT2D eigenvalue weighted by Crippen LogP contribution is 2.81. The fraction of sp³-hybridized carbons (Fsp3) is 0.846. The summed E-state index contributed by atoms with van der Waals surface area (Å²) in [5.41, 5.74) is -2.53. The Morgan fingerprint density at radius 3 is 2.58 bits per heavy atom. The van der Waals surface area contributed by atoms with Gasteiger partial charge in [0.05, 0.1) is 12.2 Å². The minimum Gasteiger partial charge on any atom is -0.456 e. The van der Waals surface area contributed by atoms with E-state index in [1.54, 1.807) is 6.92 Å². The molecule has 11 atom stereocenters.